The molecule has 0 saturated heterocycles. The molecule has 0 unspecified atom stereocenters. The Morgan fingerprint density at radius 3 is 2.40 bits per heavy atom. The van der Waals surface area contributed by atoms with Gasteiger partial charge in [0.15, 0.2) is 0 Å². The second-order valence-electron chi connectivity index (χ2n) is 11.8. The number of furan rings is 1. The maximum absolute atomic E-state index is 13.2. The van der Waals surface area contributed by atoms with Crippen LogP contribution in [0.2, 0.25) is 45.3 Å². The van der Waals surface area contributed by atoms with E-state index in [-0.39, 0.29) is 25.7 Å². The van der Waals surface area contributed by atoms with Crippen LogP contribution in [0.25, 0.3) is 0 Å². The van der Waals surface area contributed by atoms with Crippen LogP contribution in [0.1, 0.15) is 32.8 Å². The van der Waals surface area contributed by atoms with Crippen LogP contribution in [0, 0.1) is 11.8 Å². The van der Waals surface area contributed by atoms with E-state index < -0.39 is 51.8 Å². The lowest BCUT2D eigenvalue weighted by Crippen LogP contribution is -2.64. The molecule has 1 heterocycles. The first kappa shape index (κ1) is 29.8. The van der Waals surface area contributed by atoms with Gasteiger partial charge in [-0.3, -0.25) is 9.59 Å². The van der Waals surface area contributed by atoms with Gasteiger partial charge in [-0.05, 0) is 31.4 Å². The summed E-state index contributed by atoms with van der Waals surface area (Å²) < 4.78 is 28.9. The number of hydrogen-bond donors (Lipinski definition) is 1. The van der Waals surface area contributed by atoms with Gasteiger partial charge >= 0.3 is 11.9 Å². The van der Waals surface area contributed by atoms with Crippen molar-refractivity contribution in [2.24, 2.45) is 11.8 Å². The van der Waals surface area contributed by atoms with E-state index in [2.05, 4.69) is 39.3 Å². The summed E-state index contributed by atoms with van der Waals surface area (Å²) in [5, 5.41) is 13.1. The van der Waals surface area contributed by atoms with Gasteiger partial charge in [-0.25, -0.2) is 0 Å². The van der Waals surface area contributed by atoms with Crippen molar-refractivity contribution >= 4 is 33.5 Å². The quantitative estimate of drug-likeness (QED) is 0.200. The second-order valence-corrected chi connectivity index (χ2v) is 22.3. The topological polar surface area (TPSA) is 104 Å². The molecular weight excluding hydrogens is 484 g/mol. The minimum atomic E-state index is -2.07. The molecule has 1 saturated carbocycles. The molecule has 200 valence electrons. The Bertz CT molecular complexity index is 856. The summed E-state index contributed by atoms with van der Waals surface area (Å²) in [5.41, 5.74) is -1.34. The molecular formula is C25H44O8Si2. The Morgan fingerprint density at radius 2 is 1.86 bits per heavy atom. The molecule has 1 fully saturated rings. The van der Waals surface area contributed by atoms with Gasteiger partial charge in [-0.2, -0.15) is 0 Å². The van der Waals surface area contributed by atoms with E-state index in [1.165, 1.54) is 13.2 Å². The maximum atomic E-state index is 13.2. The van der Waals surface area contributed by atoms with Crippen molar-refractivity contribution in [1.82, 2.24) is 0 Å². The van der Waals surface area contributed by atoms with Crippen LogP contribution in [0.4, 0.5) is 0 Å². The van der Waals surface area contributed by atoms with Gasteiger partial charge in [0, 0.05) is 27.2 Å². The Balaban J connectivity index is 2.54. The number of rotatable bonds is 11. The molecule has 0 amide bonds. The minimum absolute atomic E-state index is 0.0996. The van der Waals surface area contributed by atoms with Crippen molar-refractivity contribution in [3.8, 4) is 0 Å². The third-order valence-corrected chi connectivity index (χ3v) is 9.86. The van der Waals surface area contributed by atoms with E-state index in [9.17, 15) is 14.7 Å². The van der Waals surface area contributed by atoms with Crippen LogP contribution >= 0.6 is 0 Å². The highest BCUT2D eigenvalue weighted by molar-refractivity contribution is 6.88. The molecule has 1 aromatic heterocycles. The van der Waals surface area contributed by atoms with Crippen LogP contribution < -0.4 is 5.38 Å². The summed E-state index contributed by atoms with van der Waals surface area (Å²) in [6.07, 6.45) is -0.0408. The first-order valence-corrected chi connectivity index (χ1v) is 19.7. The molecule has 2 rings (SSSR count). The monoisotopic (exact) mass is 528 g/mol. The van der Waals surface area contributed by atoms with Crippen molar-refractivity contribution in [1.29, 1.82) is 0 Å². The summed E-state index contributed by atoms with van der Waals surface area (Å²) in [4.78, 5) is 25.2. The average Bonchev–Trinajstić information content (AvgIpc) is 3.22. The lowest BCUT2D eigenvalue weighted by molar-refractivity contribution is -0.253. The van der Waals surface area contributed by atoms with Gasteiger partial charge in [0.25, 0.3) is 0 Å². The van der Waals surface area contributed by atoms with Gasteiger partial charge < -0.3 is 28.5 Å². The predicted octanol–water partition coefficient (Wildman–Crippen LogP) is 3.86. The van der Waals surface area contributed by atoms with Crippen LogP contribution in [0.5, 0.6) is 0 Å². The zero-order valence-corrected chi connectivity index (χ0v) is 24.8. The van der Waals surface area contributed by atoms with Gasteiger partial charge in [0.1, 0.15) is 32.7 Å². The summed E-state index contributed by atoms with van der Waals surface area (Å²) >= 11 is 0. The lowest BCUT2D eigenvalue weighted by atomic mass is 9.65. The SMILES string of the molecule is CCOC(=O)[C@@H]1C[C@H](C)[C@@H](OC(C)=O)[C@@H](OCOCC[Si](C)(C)C)[C@@]1(O)c1ccoc1[Si](C)(C)C. The lowest BCUT2D eigenvalue weighted by Gasteiger charge is -2.50. The highest BCUT2D eigenvalue weighted by Gasteiger charge is 2.61. The van der Waals surface area contributed by atoms with Crippen LogP contribution in [0.3, 0.4) is 0 Å². The highest BCUT2D eigenvalue weighted by atomic mass is 28.3. The first-order valence-electron chi connectivity index (χ1n) is 12.5. The normalized spacial score (nSPS) is 27.5. The van der Waals surface area contributed by atoms with E-state index in [0.29, 0.717) is 17.6 Å². The Labute approximate surface area is 211 Å². The molecule has 0 bridgehead atoms. The molecule has 10 heteroatoms. The zero-order chi connectivity index (χ0) is 26.6. The number of esters is 2. The highest BCUT2D eigenvalue weighted by Crippen LogP contribution is 2.47. The molecule has 8 nitrogen and oxygen atoms in total. The third-order valence-electron chi connectivity index (χ3n) is 6.41. The zero-order valence-electron chi connectivity index (χ0n) is 22.8. The fourth-order valence-corrected chi connectivity index (χ4v) is 6.92. The molecule has 1 aliphatic rings. The molecule has 0 aliphatic heterocycles. The van der Waals surface area contributed by atoms with Crippen molar-refractivity contribution < 1.29 is 38.1 Å². The number of hydrogen-bond acceptors (Lipinski definition) is 8. The van der Waals surface area contributed by atoms with E-state index in [4.69, 9.17) is 23.4 Å². The van der Waals surface area contributed by atoms with Crippen molar-refractivity contribution in [2.75, 3.05) is 20.0 Å². The van der Waals surface area contributed by atoms with Crippen LogP contribution in [-0.4, -0.2) is 65.4 Å². The predicted molar refractivity (Wildman–Crippen MR) is 139 cm³/mol. The third kappa shape index (κ3) is 7.28. The standard InChI is InChI=1S/C25H44O8Si2/c1-10-30-23(27)20-15-17(2)21(33-18(3)26)22(32-16-29-13-14-34(4,5)6)25(20,28)19-11-12-31-24(19)35(7,8)9/h11-12,17,20-22,28H,10,13-16H2,1-9H3/t17-,20-,21+,22+,25+/m0/s1. The molecule has 35 heavy (non-hydrogen) atoms. The van der Waals surface area contributed by atoms with Crippen LogP contribution in [-0.2, 0) is 34.1 Å². The van der Waals surface area contributed by atoms with E-state index in [1.807, 2.05) is 6.92 Å². The maximum Gasteiger partial charge on any atom is 0.312 e. The summed E-state index contributed by atoms with van der Waals surface area (Å²) in [6, 6.07) is 2.66. The first-order chi connectivity index (χ1) is 16.1. The molecule has 1 aromatic rings. The molecule has 5 atom stereocenters. The van der Waals surface area contributed by atoms with E-state index >= 15 is 0 Å². The summed E-state index contributed by atoms with van der Waals surface area (Å²) in [7, 11) is -3.37. The number of aliphatic hydroxyl groups is 1. The van der Waals surface area contributed by atoms with Gasteiger partial charge in [0.05, 0.1) is 24.2 Å². The molecule has 0 spiro atoms. The largest absolute Gasteiger partial charge is 0.474 e. The van der Waals surface area contributed by atoms with Gasteiger partial charge in [-0.15, -0.1) is 0 Å². The molecule has 0 aromatic carbocycles. The van der Waals surface area contributed by atoms with E-state index in [0.717, 1.165) is 6.04 Å². The van der Waals surface area contributed by atoms with Gasteiger partial charge in [-0.1, -0.05) is 46.2 Å². The van der Waals surface area contributed by atoms with E-state index in [1.54, 1.807) is 13.0 Å². The Hall–Kier alpha value is -1.47. The Morgan fingerprint density at radius 1 is 1.20 bits per heavy atom. The fourth-order valence-electron chi connectivity index (χ4n) is 4.65. The molecule has 1 N–H and O–H groups in total. The minimum Gasteiger partial charge on any atom is -0.474 e. The second kappa shape index (κ2) is 11.7. The fraction of sp³-hybridized carbons (Fsp3) is 0.760. The van der Waals surface area contributed by atoms with Crippen molar-refractivity contribution in [3.63, 3.8) is 0 Å². The van der Waals surface area contributed by atoms with Crippen molar-refractivity contribution in [3.05, 3.63) is 17.9 Å². The summed E-state index contributed by atoms with van der Waals surface area (Å²) in [5.74, 6) is -2.18. The van der Waals surface area contributed by atoms with Gasteiger partial charge in [0.2, 0.25) is 0 Å². The van der Waals surface area contributed by atoms with Crippen molar-refractivity contribution in [2.45, 2.75) is 90.3 Å². The Kier molecular flexibility index (Phi) is 9.97. The number of ether oxygens (including phenoxy) is 4. The molecule has 0 radical (unpaired) electrons. The summed E-state index contributed by atoms with van der Waals surface area (Å²) in [6.45, 7) is 18.6. The molecule has 1 aliphatic carbocycles. The average molecular weight is 529 g/mol. The number of carbonyl (C=O) groups excluding carboxylic acids is 2. The van der Waals surface area contributed by atoms with Crippen LogP contribution in [0.15, 0.2) is 16.7 Å². The smallest absolute Gasteiger partial charge is 0.312 e. The number of carbonyl (C=O) groups is 2.